The quantitative estimate of drug-likeness (QED) is 0.458. The Morgan fingerprint density at radius 2 is 1.70 bits per heavy atom. The molecule has 0 amide bonds. The number of hydrogen-bond acceptors (Lipinski definition) is 1. The lowest BCUT2D eigenvalue weighted by molar-refractivity contribution is -0.111. The lowest BCUT2D eigenvalue weighted by atomic mass is 9.45. The van der Waals surface area contributed by atoms with Crippen LogP contribution in [0.15, 0.2) is 11.6 Å². The van der Waals surface area contributed by atoms with Crippen molar-refractivity contribution in [3.63, 3.8) is 0 Å². The largest absolute Gasteiger partial charge is 0.300 e. The van der Waals surface area contributed by atoms with E-state index < -0.39 is 0 Å². The molecule has 0 bridgehead atoms. The first-order valence-electron chi connectivity index (χ1n) is 12.5. The zero-order valence-corrected chi connectivity index (χ0v) is 18.3. The Kier molecular flexibility index (Phi) is 4.78. The van der Waals surface area contributed by atoms with Crippen LogP contribution in [0.2, 0.25) is 0 Å². The van der Waals surface area contributed by atoms with E-state index in [1.165, 1.54) is 77.3 Å². The molecule has 0 aromatic rings. The van der Waals surface area contributed by atoms with Crippen molar-refractivity contribution in [2.75, 3.05) is 13.1 Å². The summed E-state index contributed by atoms with van der Waals surface area (Å²) in [6.45, 7) is 10.5. The standard InChI is InChI=1S/C26H43N/c1-4-19-9-11-23-22-10-8-20-18-21(27-16-6-5-7-17-27)12-14-26(20,3)24(22)13-15-25(19,23)2/h4,20-24H,5-18H2,1-3H3/b19-4-/t20?,21-,22+,23+,24+,25-,26+/m1/s1. The number of nitrogens with zero attached hydrogens (tertiary/aromatic N) is 1. The maximum Gasteiger partial charge on any atom is 0.00983 e. The Morgan fingerprint density at radius 1 is 0.889 bits per heavy atom. The summed E-state index contributed by atoms with van der Waals surface area (Å²) >= 11 is 0. The van der Waals surface area contributed by atoms with Gasteiger partial charge in [-0.25, -0.2) is 0 Å². The molecule has 5 fully saturated rings. The summed E-state index contributed by atoms with van der Waals surface area (Å²) in [5.74, 6) is 4.09. The molecule has 7 atom stereocenters. The second-order valence-electron chi connectivity index (χ2n) is 11.5. The van der Waals surface area contributed by atoms with Gasteiger partial charge in [0.2, 0.25) is 0 Å². The number of rotatable bonds is 1. The molecule has 1 saturated heterocycles. The van der Waals surface area contributed by atoms with Gasteiger partial charge in [-0.15, -0.1) is 0 Å². The number of fused-ring (bicyclic) bond motifs is 5. The Morgan fingerprint density at radius 3 is 2.48 bits per heavy atom. The average molecular weight is 370 g/mol. The molecule has 0 aromatic carbocycles. The first-order valence-corrected chi connectivity index (χ1v) is 12.5. The van der Waals surface area contributed by atoms with Crippen molar-refractivity contribution in [2.24, 2.45) is 34.5 Å². The van der Waals surface area contributed by atoms with E-state index in [1.54, 1.807) is 12.8 Å². The summed E-state index contributed by atoms with van der Waals surface area (Å²) in [6.07, 6.45) is 20.4. The van der Waals surface area contributed by atoms with E-state index in [9.17, 15) is 0 Å². The molecule has 5 rings (SSSR count). The molecular weight excluding hydrogens is 326 g/mol. The monoisotopic (exact) mass is 369 g/mol. The van der Waals surface area contributed by atoms with E-state index in [-0.39, 0.29) is 0 Å². The Bertz CT molecular complexity index is 587. The van der Waals surface area contributed by atoms with Crippen LogP contribution in [0.5, 0.6) is 0 Å². The Labute approximate surface area is 168 Å². The highest BCUT2D eigenvalue weighted by molar-refractivity contribution is 5.23. The van der Waals surface area contributed by atoms with Crippen molar-refractivity contribution in [1.82, 2.24) is 4.90 Å². The molecule has 1 heteroatoms. The highest BCUT2D eigenvalue weighted by Crippen LogP contribution is 2.67. The van der Waals surface area contributed by atoms with Gasteiger partial charge in [0.15, 0.2) is 0 Å². The molecule has 5 aliphatic rings. The van der Waals surface area contributed by atoms with Crippen LogP contribution in [0.25, 0.3) is 0 Å². The third kappa shape index (κ3) is 2.81. The number of allylic oxidation sites excluding steroid dienone is 2. The van der Waals surface area contributed by atoms with Gasteiger partial charge in [0.1, 0.15) is 0 Å². The van der Waals surface area contributed by atoms with Gasteiger partial charge in [0.25, 0.3) is 0 Å². The van der Waals surface area contributed by atoms with Crippen LogP contribution in [0.1, 0.15) is 97.8 Å². The molecular formula is C26H43N. The topological polar surface area (TPSA) is 3.24 Å². The van der Waals surface area contributed by atoms with Crippen LogP contribution in [0.3, 0.4) is 0 Å². The second-order valence-corrected chi connectivity index (χ2v) is 11.5. The molecule has 27 heavy (non-hydrogen) atoms. The Hall–Kier alpha value is -0.300. The van der Waals surface area contributed by atoms with Gasteiger partial charge in [-0.3, -0.25) is 0 Å². The van der Waals surface area contributed by atoms with Gasteiger partial charge in [0.05, 0.1) is 0 Å². The summed E-state index contributed by atoms with van der Waals surface area (Å²) in [5, 5.41) is 0. The molecule has 1 heterocycles. The van der Waals surface area contributed by atoms with Crippen molar-refractivity contribution in [2.45, 2.75) is 104 Å². The van der Waals surface area contributed by atoms with E-state index in [0.717, 1.165) is 29.7 Å². The van der Waals surface area contributed by atoms with E-state index in [0.29, 0.717) is 10.8 Å². The van der Waals surface area contributed by atoms with Crippen LogP contribution in [-0.2, 0) is 0 Å². The van der Waals surface area contributed by atoms with E-state index in [2.05, 4.69) is 31.7 Å². The molecule has 1 nitrogen and oxygen atoms in total. The molecule has 1 unspecified atom stereocenters. The van der Waals surface area contributed by atoms with Crippen LogP contribution in [-0.4, -0.2) is 24.0 Å². The zero-order valence-electron chi connectivity index (χ0n) is 18.3. The molecule has 0 N–H and O–H groups in total. The molecule has 0 spiro atoms. The fraction of sp³-hybridized carbons (Fsp3) is 0.923. The van der Waals surface area contributed by atoms with Gasteiger partial charge in [0, 0.05) is 6.04 Å². The third-order valence-corrected chi connectivity index (χ3v) is 10.7. The summed E-state index contributed by atoms with van der Waals surface area (Å²) in [7, 11) is 0. The molecule has 4 aliphatic carbocycles. The van der Waals surface area contributed by atoms with Gasteiger partial charge >= 0.3 is 0 Å². The molecule has 0 radical (unpaired) electrons. The van der Waals surface area contributed by atoms with Crippen molar-refractivity contribution in [3.8, 4) is 0 Å². The highest BCUT2D eigenvalue weighted by Gasteiger charge is 2.59. The third-order valence-electron chi connectivity index (χ3n) is 10.7. The van der Waals surface area contributed by atoms with Crippen LogP contribution < -0.4 is 0 Å². The first-order chi connectivity index (χ1) is 13.1. The number of piperidine rings is 1. The Balaban J connectivity index is 1.34. The van der Waals surface area contributed by atoms with Crippen LogP contribution >= 0.6 is 0 Å². The minimum absolute atomic E-state index is 0.560. The summed E-state index contributed by atoms with van der Waals surface area (Å²) < 4.78 is 0. The normalized spacial score (nSPS) is 52.3. The van der Waals surface area contributed by atoms with E-state index >= 15 is 0 Å². The lowest BCUT2D eigenvalue weighted by Crippen LogP contribution is -2.55. The van der Waals surface area contributed by atoms with E-state index in [4.69, 9.17) is 0 Å². The summed E-state index contributed by atoms with van der Waals surface area (Å²) in [5.41, 5.74) is 3.03. The predicted octanol–water partition coefficient (Wildman–Crippen LogP) is 6.83. The minimum atomic E-state index is 0.560. The SMILES string of the molecule is C/C=C1/CC[C@H]2[C@@H]3CCC4C[C@H](N5CCCCC5)CC[C@]4(C)[C@H]3CC[C@]12C. The predicted molar refractivity (Wildman–Crippen MR) is 115 cm³/mol. The van der Waals surface area contributed by atoms with Crippen molar-refractivity contribution in [1.29, 1.82) is 0 Å². The average Bonchev–Trinajstić information content (AvgIpc) is 3.04. The fourth-order valence-corrected chi connectivity index (χ4v) is 9.17. The second kappa shape index (κ2) is 6.89. The maximum absolute atomic E-state index is 2.89. The van der Waals surface area contributed by atoms with Gasteiger partial charge in [-0.2, -0.15) is 0 Å². The van der Waals surface area contributed by atoms with Gasteiger partial charge < -0.3 is 4.90 Å². The number of likely N-dealkylation sites (tertiary alicyclic amines) is 1. The maximum atomic E-state index is 2.89. The summed E-state index contributed by atoms with van der Waals surface area (Å²) in [6, 6.07) is 0.926. The van der Waals surface area contributed by atoms with Crippen molar-refractivity contribution in [3.05, 3.63) is 11.6 Å². The van der Waals surface area contributed by atoms with Crippen molar-refractivity contribution < 1.29 is 0 Å². The van der Waals surface area contributed by atoms with E-state index in [1.807, 2.05) is 5.57 Å². The molecule has 152 valence electrons. The van der Waals surface area contributed by atoms with Gasteiger partial charge in [-0.1, -0.05) is 31.9 Å². The zero-order chi connectivity index (χ0) is 18.6. The first kappa shape index (κ1) is 18.7. The molecule has 1 aliphatic heterocycles. The fourth-order valence-electron chi connectivity index (χ4n) is 9.17. The van der Waals surface area contributed by atoms with Crippen LogP contribution in [0, 0.1) is 34.5 Å². The molecule has 4 saturated carbocycles. The van der Waals surface area contributed by atoms with Gasteiger partial charge in [-0.05, 0) is 125 Å². The lowest BCUT2D eigenvalue weighted by Gasteiger charge is -2.61. The smallest absolute Gasteiger partial charge is 0.00983 e. The minimum Gasteiger partial charge on any atom is -0.300 e. The van der Waals surface area contributed by atoms with Crippen LogP contribution in [0.4, 0.5) is 0 Å². The summed E-state index contributed by atoms with van der Waals surface area (Å²) in [4.78, 5) is 2.89. The number of hydrogen-bond donors (Lipinski definition) is 0. The highest BCUT2D eigenvalue weighted by atomic mass is 15.2. The molecule has 0 aromatic heterocycles. The van der Waals surface area contributed by atoms with Crippen molar-refractivity contribution >= 4 is 0 Å².